The molecule has 4 rings (SSSR count). The van der Waals surface area contributed by atoms with Gasteiger partial charge in [0.1, 0.15) is 0 Å². The molecule has 3 N–H and O–H groups in total. The van der Waals surface area contributed by atoms with Crippen LogP contribution in [0.2, 0.25) is 0 Å². The van der Waals surface area contributed by atoms with Gasteiger partial charge in [0.05, 0.1) is 17.8 Å². The molecule has 0 aliphatic heterocycles. The molecule has 4 saturated carbocycles. The summed E-state index contributed by atoms with van der Waals surface area (Å²) >= 11 is 0. The van der Waals surface area contributed by atoms with Crippen LogP contribution < -0.4 is 0 Å². The van der Waals surface area contributed by atoms with E-state index in [2.05, 4.69) is 41.2 Å². The standard InChI is InChI=1S/C29H50O3/c1-18(2)19(3)8-7-9-20(4)23-10-11-24-22-12-15-29(32)17-21(30)16-26(31)28(29,6)25(22)13-14-27(23,24)5/h18,20-26,30-32H,3,7-17H2,1-2,4-6H3/t20?,21?,22?,23?,24?,25?,26?,27?,28?,29-/m1/s1. The van der Waals surface area contributed by atoms with Crippen molar-refractivity contribution >= 4 is 0 Å². The third-order valence-electron chi connectivity index (χ3n) is 11.6. The average Bonchev–Trinajstić information content (AvgIpc) is 3.06. The molecule has 4 aliphatic rings. The van der Waals surface area contributed by atoms with Crippen LogP contribution in [0.25, 0.3) is 0 Å². The Morgan fingerprint density at radius 1 is 1.00 bits per heavy atom. The van der Waals surface area contributed by atoms with E-state index in [9.17, 15) is 15.3 Å². The Hall–Kier alpha value is -0.380. The van der Waals surface area contributed by atoms with Gasteiger partial charge in [-0.05, 0) is 98.7 Å². The van der Waals surface area contributed by atoms with Crippen LogP contribution in [0.4, 0.5) is 0 Å². The molecule has 9 unspecified atom stereocenters. The highest BCUT2D eigenvalue weighted by atomic mass is 16.3. The largest absolute Gasteiger partial charge is 0.393 e. The SMILES string of the molecule is C=C(CCCC(C)C1CCC2C3CC[C@@]4(O)CC(O)CC(O)C4(C)C3CCC12C)C(C)C. The highest BCUT2D eigenvalue weighted by Gasteiger charge is 2.67. The Kier molecular flexibility index (Phi) is 6.71. The molecular weight excluding hydrogens is 396 g/mol. The van der Waals surface area contributed by atoms with Crippen molar-refractivity contribution in [2.45, 2.75) is 123 Å². The molecule has 0 aromatic carbocycles. The van der Waals surface area contributed by atoms with Gasteiger partial charge < -0.3 is 15.3 Å². The lowest BCUT2D eigenvalue weighted by Gasteiger charge is -2.65. The van der Waals surface area contributed by atoms with Crippen LogP contribution in [-0.4, -0.2) is 33.1 Å². The minimum Gasteiger partial charge on any atom is -0.393 e. The average molecular weight is 447 g/mol. The van der Waals surface area contributed by atoms with Gasteiger partial charge in [-0.1, -0.05) is 53.2 Å². The van der Waals surface area contributed by atoms with Crippen LogP contribution >= 0.6 is 0 Å². The second kappa shape index (κ2) is 8.68. The van der Waals surface area contributed by atoms with Crippen LogP contribution in [0.15, 0.2) is 12.2 Å². The molecule has 0 heterocycles. The second-order valence-corrected chi connectivity index (χ2v) is 13.3. The Morgan fingerprint density at radius 3 is 2.41 bits per heavy atom. The lowest BCUT2D eigenvalue weighted by molar-refractivity contribution is -0.259. The zero-order chi connectivity index (χ0) is 23.5. The van der Waals surface area contributed by atoms with E-state index in [1.165, 1.54) is 44.1 Å². The summed E-state index contributed by atoms with van der Waals surface area (Å²) in [5, 5.41) is 33.1. The third-order valence-corrected chi connectivity index (χ3v) is 11.6. The Bertz CT molecular complexity index is 703. The van der Waals surface area contributed by atoms with Crippen LogP contribution in [0, 0.1) is 46.3 Å². The van der Waals surface area contributed by atoms with E-state index in [0.717, 1.165) is 37.0 Å². The van der Waals surface area contributed by atoms with Gasteiger partial charge in [-0.3, -0.25) is 0 Å². The first-order valence-electron chi connectivity index (χ1n) is 13.7. The summed E-state index contributed by atoms with van der Waals surface area (Å²) in [6.45, 7) is 16.0. The van der Waals surface area contributed by atoms with E-state index in [1.54, 1.807) is 0 Å². The maximum Gasteiger partial charge on any atom is 0.0753 e. The summed E-state index contributed by atoms with van der Waals surface area (Å²) in [7, 11) is 0. The van der Waals surface area contributed by atoms with Gasteiger partial charge in [0, 0.05) is 11.8 Å². The maximum absolute atomic E-state index is 11.6. The molecule has 4 aliphatic carbocycles. The van der Waals surface area contributed by atoms with Gasteiger partial charge in [0.15, 0.2) is 0 Å². The normalized spacial score (nSPS) is 49.3. The molecule has 32 heavy (non-hydrogen) atoms. The molecule has 3 heteroatoms. The van der Waals surface area contributed by atoms with Crippen molar-refractivity contribution in [2.75, 3.05) is 0 Å². The van der Waals surface area contributed by atoms with Crippen LogP contribution in [-0.2, 0) is 0 Å². The lowest BCUT2D eigenvalue weighted by Crippen LogP contribution is -2.67. The smallest absolute Gasteiger partial charge is 0.0753 e. The molecular formula is C29H50O3. The fourth-order valence-electron chi connectivity index (χ4n) is 9.43. The van der Waals surface area contributed by atoms with Gasteiger partial charge in [-0.25, -0.2) is 0 Å². The first-order valence-corrected chi connectivity index (χ1v) is 13.7. The summed E-state index contributed by atoms with van der Waals surface area (Å²) in [6, 6.07) is 0. The van der Waals surface area contributed by atoms with E-state index < -0.39 is 23.2 Å². The summed E-state index contributed by atoms with van der Waals surface area (Å²) in [5.74, 6) is 3.86. The Labute approximate surface area is 197 Å². The minimum absolute atomic E-state index is 0.380. The van der Waals surface area contributed by atoms with Crippen molar-refractivity contribution in [3.05, 3.63) is 12.2 Å². The summed E-state index contributed by atoms with van der Waals surface area (Å²) in [4.78, 5) is 0. The van der Waals surface area contributed by atoms with Crippen molar-refractivity contribution in [3.8, 4) is 0 Å². The quantitative estimate of drug-likeness (QED) is 0.431. The lowest BCUT2D eigenvalue weighted by atomic mass is 9.42. The minimum atomic E-state index is -0.914. The highest BCUT2D eigenvalue weighted by molar-refractivity contribution is 5.16. The molecule has 0 spiro atoms. The molecule has 0 bridgehead atoms. The molecule has 3 nitrogen and oxygen atoms in total. The molecule has 0 aromatic rings. The van der Waals surface area contributed by atoms with Crippen molar-refractivity contribution in [3.63, 3.8) is 0 Å². The fraction of sp³-hybridized carbons (Fsp3) is 0.931. The van der Waals surface area contributed by atoms with Gasteiger partial charge >= 0.3 is 0 Å². The molecule has 4 fully saturated rings. The number of allylic oxidation sites excluding steroid dienone is 1. The predicted molar refractivity (Wildman–Crippen MR) is 131 cm³/mol. The van der Waals surface area contributed by atoms with Gasteiger partial charge in [0.2, 0.25) is 0 Å². The van der Waals surface area contributed by atoms with Crippen LogP contribution in [0.1, 0.15) is 105 Å². The Balaban J connectivity index is 1.47. The number of rotatable bonds is 6. The van der Waals surface area contributed by atoms with Crippen molar-refractivity contribution in [2.24, 2.45) is 46.3 Å². The first kappa shape index (κ1) is 24.7. The molecule has 0 saturated heterocycles. The van der Waals surface area contributed by atoms with Gasteiger partial charge in [0.25, 0.3) is 0 Å². The van der Waals surface area contributed by atoms with E-state index in [0.29, 0.717) is 36.0 Å². The third kappa shape index (κ3) is 3.73. The molecule has 0 aromatic heterocycles. The fourth-order valence-corrected chi connectivity index (χ4v) is 9.43. The number of hydrogen-bond donors (Lipinski definition) is 3. The summed E-state index contributed by atoms with van der Waals surface area (Å²) < 4.78 is 0. The number of aliphatic hydroxyl groups excluding tert-OH is 2. The Morgan fingerprint density at radius 2 is 1.72 bits per heavy atom. The highest BCUT2D eigenvalue weighted by Crippen LogP contribution is 2.69. The number of fused-ring (bicyclic) bond motifs is 5. The number of aliphatic hydroxyl groups is 3. The summed E-state index contributed by atoms with van der Waals surface area (Å²) in [6.07, 6.45) is 10.2. The zero-order valence-corrected chi connectivity index (χ0v) is 21.4. The second-order valence-electron chi connectivity index (χ2n) is 13.3. The van der Waals surface area contributed by atoms with Gasteiger partial charge in [-0.2, -0.15) is 0 Å². The molecule has 10 atom stereocenters. The van der Waals surface area contributed by atoms with Crippen molar-refractivity contribution in [1.82, 2.24) is 0 Å². The number of hydrogen-bond acceptors (Lipinski definition) is 3. The predicted octanol–water partition coefficient (Wildman–Crippen LogP) is 6.11. The summed E-state index contributed by atoms with van der Waals surface area (Å²) in [5.41, 5.74) is 0.411. The van der Waals surface area contributed by atoms with E-state index in [1.807, 2.05) is 0 Å². The van der Waals surface area contributed by atoms with E-state index in [4.69, 9.17) is 0 Å². The van der Waals surface area contributed by atoms with E-state index in [-0.39, 0.29) is 0 Å². The van der Waals surface area contributed by atoms with Crippen molar-refractivity contribution < 1.29 is 15.3 Å². The van der Waals surface area contributed by atoms with Crippen LogP contribution in [0.3, 0.4) is 0 Å². The topological polar surface area (TPSA) is 60.7 Å². The molecule has 0 amide bonds. The molecule has 184 valence electrons. The zero-order valence-electron chi connectivity index (χ0n) is 21.4. The van der Waals surface area contributed by atoms with E-state index >= 15 is 0 Å². The van der Waals surface area contributed by atoms with Gasteiger partial charge in [-0.15, -0.1) is 0 Å². The molecule has 0 radical (unpaired) electrons. The van der Waals surface area contributed by atoms with Crippen LogP contribution in [0.5, 0.6) is 0 Å². The monoisotopic (exact) mass is 446 g/mol. The maximum atomic E-state index is 11.6. The first-order chi connectivity index (χ1) is 14.9. The van der Waals surface area contributed by atoms with Crippen molar-refractivity contribution in [1.29, 1.82) is 0 Å².